The summed E-state index contributed by atoms with van der Waals surface area (Å²) in [7, 11) is 0. The monoisotopic (exact) mass is 369 g/mol. The van der Waals surface area contributed by atoms with Crippen molar-refractivity contribution in [3.05, 3.63) is 35.6 Å². The molecule has 1 unspecified atom stereocenters. The molecule has 0 spiro atoms. The molecule has 1 fully saturated rings. The van der Waals surface area contributed by atoms with E-state index in [9.17, 15) is 31.1 Å². The smallest absolute Gasteiger partial charge is 0.407 e. The zero-order valence-electron chi connectivity index (χ0n) is 13.0. The first-order valence-electron chi connectivity index (χ1n) is 7.67. The highest BCUT2D eigenvalue weighted by atomic mass is 19.4. The summed E-state index contributed by atoms with van der Waals surface area (Å²) in [5.41, 5.74) is -0.453. The highest BCUT2D eigenvalue weighted by Gasteiger charge is 2.46. The van der Waals surface area contributed by atoms with Gasteiger partial charge in [-0.3, -0.25) is 10.1 Å². The molecule has 2 rings (SSSR count). The van der Waals surface area contributed by atoms with Crippen LogP contribution in [-0.4, -0.2) is 29.2 Å². The molecule has 2 atom stereocenters. The number of hydrogen-bond donors (Lipinski definition) is 2. The fourth-order valence-electron chi connectivity index (χ4n) is 2.58. The van der Waals surface area contributed by atoms with Gasteiger partial charge < -0.3 is 5.11 Å². The number of carboxylic acids is 1. The molecule has 0 amide bonds. The Hall–Kier alpha value is -1.77. The number of rotatable bonds is 8. The lowest BCUT2D eigenvalue weighted by atomic mass is 10.00. The summed E-state index contributed by atoms with van der Waals surface area (Å²) in [6, 6.07) is -1.35. The molecule has 1 aliphatic carbocycles. The van der Waals surface area contributed by atoms with Crippen LogP contribution < -0.4 is 5.32 Å². The summed E-state index contributed by atoms with van der Waals surface area (Å²) < 4.78 is 80.4. The van der Waals surface area contributed by atoms with E-state index < -0.39 is 54.4 Å². The van der Waals surface area contributed by atoms with Gasteiger partial charge in [-0.05, 0) is 36.5 Å². The van der Waals surface area contributed by atoms with Crippen LogP contribution in [0.4, 0.5) is 26.3 Å². The Labute approximate surface area is 140 Å². The summed E-state index contributed by atoms with van der Waals surface area (Å²) in [5.74, 6) is -6.15. The number of hydrogen-bond acceptors (Lipinski definition) is 2. The van der Waals surface area contributed by atoms with Crippen LogP contribution in [0.5, 0.6) is 0 Å². The summed E-state index contributed by atoms with van der Waals surface area (Å²) >= 11 is 0. The van der Waals surface area contributed by atoms with Crippen LogP contribution >= 0.6 is 0 Å². The minimum Gasteiger partial charge on any atom is -0.480 e. The molecule has 1 aliphatic rings. The van der Waals surface area contributed by atoms with Gasteiger partial charge in [0.2, 0.25) is 0 Å². The van der Waals surface area contributed by atoms with Crippen molar-refractivity contribution >= 4 is 5.97 Å². The number of alkyl halides is 5. The minimum atomic E-state index is -4.93. The fourth-order valence-corrected chi connectivity index (χ4v) is 2.58. The van der Waals surface area contributed by atoms with Gasteiger partial charge in [0.1, 0.15) is 17.9 Å². The van der Waals surface area contributed by atoms with E-state index in [4.69, 9.17) is 5.11 Å². The average molecular weight is 369 g/mol. The molecule has 0 radical (unpaired) electrons. The van der Waals surface area contributed by atoms with Crippen LogP contribution in [-0.2, 0) is 4.79 Å². The normalized spacial score (nSPS) is 18.0. The van der Waals surface area contributed by atoms with Crippen LogP contribution in [0.25, 0.3) is 0 Å². The summed E-state index contributed by atoms with van der Waals surface area (Å²) in [6.07, 6.45) is -5.49. The summed E-state index contributed by atoms with van der Waals surface area (Å²) in [6.45, 7) is 0. The van der Waals surface area contributed by atoms with Crippen molar-refractivity contribution in [2.75, 3.05) is 0 Å². The Balaban J connectivity index is 2.17. The SMILES string of the molecule is O=C(O)C(CC(F)(F)CC1CC1)N[C@@H](c1ccc(F)cc1)C(F)(F)F. The first kappa shape index (κ1) is 19.6. The highest BCUT2D eigenvalue weighted by molar-refractivity contribution is 5.73. The summed E-state index contributed by atoms with van der Waals surface area (Å²) in [5, 5.41) is 10.8. The van der Waals surface area contributed by atoms with Crippen molar-refractivity contribution < 1.29 is 36.2 Å². The molecule has 140 valence electrons. The lowest BCUT2D eigenvalue weighted by Gasteiger charge is -2.28. The second-order valence-corrected chi connectivity index (χ2v) is 6.29. The molecule has 1 saturated carbocycles. The van der Waals surface area contributed by atoms with E-state index in [1.165, 1.54) is 0 Å². The molecule has 9 heteroatoms. The van der Waals surface area contributed by atoms with E-state index in [2.05, 4.69) is 0 Å². The number of benzene rings is 1. The largest absolute Gasteiger partial charge is 0.480 e. The molecule has 0 aliphatic heterocycles. The van der Waals surface area contributed by atoms with E-state index in [0.717, 1.165) is 24.3 Å². The third-order valence-electron chi connectivity index (χ3n) is 3.98. The number of nitrogens with one attached hydrogen (secondary N) is 1. The topological polar surface area (TPSA) is 49.3 Å². The van der Waals surface area contributed by atoms with Gasteiger partial charge in [0.25, 0.3) is 5.92 Å². The van der Waals surface area contributed by atoms with Gasteiger partial charge in [-0.1, -0.05) is 12.1 Å². The number of aliphatic carboxylic acids is 1. The van der Waals surface area contributed by atoms with Crippen molar-refractivity contribution in [3.8, 4) is 0 Å². The molecular formula is C16H17F6NO2. The molecule has 0 saturated heterocycles. The van der Waals surface area contributed by atoms with Gasteiger partial charge in [-0.25, -0.2) is 13.2 Å². The van der Waals surface area contributed by atoms with Crippen molar-refractivity contribution in [1.29, 1.82) is 0 Å². The second kappa shape index (κ2) is 7.23. The van der Waals surface area contributed by atoms with Gasteiger partial charge in [-0.15, -0.1) is 0 Å². The molecule has 1 aromatic carbocycles. The first-order chi connectivity index (χ1) is 11.5. The second-order valence-electron chi connectivity index (χ2n) is 6.29. The third-order valence-corrected chi connectivity index (χ3v) is 3.98. The Morgan fingerprint density at radius 3 is 2.16 bits per heavy atom. The fraction of sp³-hybridized carbons (Fsp3) is 0.562. The van der Waals surface area contributed by atoms with Gasteiger partial charge in [0.05, 0.1) is 0 Å². The molecule has 25 heavy (non-hydrogen) atoms. The molecule has 3 nitrogen and oxygen atoms in total. The average Bonchev–Trinajstić information content (AvgIpc) is 3.26. The highest BCUT2D eigenvalue weighted by Crippen LogP contribution is 2.41. The maximum atomic E-state index is 13.9. The number of halogens is 6. The predicted octanol–water partition coefficient (Wildman–Crippen LogP) is 4.30. The van der Waals surface area contributed by atoms with Crippen molar-refractivity contribution in [3.63, 3.8) is 0 Å². The zero-order chi connectivity index (χ0) is 18.8. The van der Waals surface area contributed by atoms with Crippen LogP contribution in [0, 0.1) is 11.7 Å². The number of carbonyl (C=O) groups is 1. The molecule has 1 aromatic rings. The molecule has 2 N–H and O–H groups in total. The van der Waals surface area contributed by atoms with Gasteiger partial charge in [-0.2, -0.15) is 13.2 Å². The van der Waals surface area contributed by atoms with Crippen molar-refractivity contribution in [2.24, 2.45) is 5.92 Å². The Bertz CT molecular complexity index is 598. The van der Waals surface area contributed by atoms with Gasteiger partial charge in [0.15, 0.2) is 0 Å². The minimum absolute atomic E-state index is 0.208. The maximum absolute atomic E-state index is 13.9. The third kappa shape index (κ3) is 5.91. The number of carboxylic acid groups (broad SMARTS) is 1. The van der Waals surface area contributed by atoms with E-state index in [1.807, 2.05) is 0 Å². The van der Waals surface area contributed by atoms with E-state index in [1.54, 1.807) is 5.32 Å². The lowest BCUT2D eigenvalue weighted by molar-refractivity contribution is -0.166. The maximum Gasteiger partial charge on any atom is 0.407 e. The predicted molar refractivity (Wildman–Crippen MR) is 76.7 cm³/mol. The Kier molecular flexibility index (Phi) is 5.65. The van der Waals surface area contributed by atoms with E-state index in [0.29, 0.717) is 12.8 Å². The van der Waals surface area contributed by atoms with E-state index >= 15 is 0 Å². The molecule has 0 heterocycles. The molecule has 0 aromatic heterocycles. The van der Waals surface area contributed by atoms with Crippen LogP contribution in [0.15, 0.2) is 24.3 Å². The standard InChI is InChI=1S/C16H17F6NO2/c17-11-5-3-10(4-6-11)13(16(20,21)22)23-12(14(24)25)8-15(18,19)7-9-1-2-9/h3-6,9,12-13,23H,1-2,7-8H2,(H,24,25)/t12?,13-/m0/s1. The van der Waals surface area contributed by atoms with Gasteiger partial charge in [0, 0.05) is 12.8 Å². The molecule has 0 bridgehead atoms. The van der Waals surface area contributed by atoms with Gasteiger partial charge >= 0.3 is 12.1 Å². The Morgan fingerprint density at radius 2 is 1.72 bits per heavy atom. The summed E-state index contributed by atoms with van der Waals surface area (Å²) in [4.78, 5) is 11.2. The van der Waals surface area contributed by atoms with Crippen LogP contribution in [0.2, 0.25) is 0 Å². The van der Waals surface area contributed by atoms with Crippen molar-refractivity contribution in [2.45, 2.75) is 49.9 Å². The zero-order valence-corrected chi connectivity index (χ0v) is 13.0. The van der Waals surface area contributed by atoms with Crippen LogP contribution in [0.1, 0.15) is 37.3 Å². The van der Waals surface area contributed by atoms with Crippen molar-refractivity contribution in [1.82, 2.24) is 5.32 Å². The first-order valence-corrected chi connectivity index (χ1v) is 7.67. The lowest BCUT2D eigenvalue weighted by Crippen LogP contribution is -2.47. The molecular weight excluding hydrogens is 352 g/mol. The Morgan fingerprint density at radius 1 is 1.16 bits per heavy atom. The van der Waals surface area contributed by atoms with Crippen LogP contribution in [0.3, 0.4) is 0 Å². The quantitative estimate of drug-likeness (QED) is 0.672. The van der Waals surface area contributed by atoms with E-state index in [-0.39, 0.29) is 5.92 Å².